The number of carboxylic acids is 2. The number of hydrogen-bond donors (Lipinski definition) is 3. The lowest BCUT2D eigenvalue weighted by Gasteiger charge is -2.43. The zero-order valence-corrected chi connectivity index (χ0v) is 14.4. The molecule has 138 valence electrons. The van der Waals surface area contributed by atoms with Crippen LogP contribution >= 0.6 is 11.8 Å². The molecule has 2 heterocycles. The lowest BCUT2D eigenvalue weighted by Crippen LogP contribution is -2.70. The highest BCUT2D eigenvalue weighted by atomic mass is 32.2. The highest BCUT2D eigenvalue weighted by Gasteiger charge is 2.61. The lowest BCUT2D eigenvalue weighted by atomic mass is 10.0. The number of carbonyl (C=O) groups is 4. The molecule has 0 saturated carbocycles. The molecule has 4 atom stereocenters. The van der Waals surface area contributed by atoms with Gasteiger partial charge in [0.25, 0.3) is 0 Å². The lowest BCUT2D eigenvalue weighted by molar-refractivity contribution is -0.162. The smallest absolute Gasteiger partial charge is 0.335 e. The Morgan fingerprint density at radius 3 is 2.65 bits per heavy atom. The largest absolute Gasteiger partial charge is 0.480 e. The Balaban J connectivity index is 1.64. The van der Waals surface area contributed by atoms with Crippen LogP contribution in [0.1, 0.15) is 15.9 Å². The molecule has 1 aromatic rings. The second-order valence-electron chi connectivity index (χ2n) is 5.89. The van der Waals surface area contributed by atoms with Gasteiger partial charge in [0.05, 0.1) is 12.0 Å². The summed E-state index contributed by atoms with van der Waals surface area (Å²) in [4.78, 5) is 48.0. The number of methoxy groups -OCH3 is 1. The number of fused-ring (bicyclic) bond motifs is 1. The number of β-lactam (4-membered cyclic amide) rings is 1. The van der Waals surface area contributed by atoms with E-state index in [1.807, 2.05) is 0 Å². The average molecular weight is 380 g/mol. The van der Waals surface area contributed by atoms with Crippen LogP contribution in [-0.2, 0) is 25.5 Å². The van der Waals surface area contributed by atoms with Crippen LogP contribution in [0.4, 0.5) is 0 Å². The molecular weight excluding hydrogens is 364 g/mol. The first kappa shape index (κ1) is 18.2. The maximum atomic E-state index is 12.3. The molecule has 2 aliphatic rings. The van der Waals surface area contributed by atoms with Gasteiger partial charge in [0.15, 0.2) is 6.04 Å². The van der Waals surface area contributed by atoms with Crippen molar-refractivity contribution in [3.63, 3.8) is 0 Å². The van der Waals surface area contributed by atoms with Crippen LogP contribution in [-0.4, -0.2) is 68.9 Å². The van der Waals surface area contributed by atoms with Crippen molar-refractivity contribution < 1.29 is 34.1 Å². The number of aromatic carboxylic acids is 1. The molecule has 0 bridgehead atoms. The van der Waals surface area contributed by atoms with Gasteiger partial charge >= 0.3 is 11.9 Å². The van der Waals surface area contributed by atoms with Crippen molar-refractivity contribution in [2.24, 2.45) is 0 Å². The summed E-state index contributed by atoms with van der Waals surface area (Å²) >= 11 is 1.17. The third kappa shape index (κ3) is 3.13. The number of rotatable bonds is 6. The van der Waals surface area contributed by atoms with E-state index in [9.17, 15) is 24.3 Å². The summed E-state index contributed by atoms with van der Waals surface area (Å²) in [6.45, 7) is 0. The summed E-state index contributed by atoms with van der Waals surface area (Å²) < 4.78 is 5.12. The summed E-state index contributed by atoms with van der Waals surface area (Å²) in [6, 6.07) is 4.06. The summed E-state index contributed by atoms with van der Waals surface area (Å²) in [6.07, 6.45) is -0.0850. The number of benzene rings is 1. The molecule has 2 amide bonds. The first-order chi connectivity index (χ1) is 12.3. The van der Waals surface area contributed by atoms with Crippen molar-refractivity contribution >= 4 is 35.5 Å². The first-order valence-corrected chi connectivity index (χ1v) is 8.62. The van der Waals surface area contributed by atoms with E-state index in [0.717, 1.165) is 0 Å². The molecular formula is C16H16N2O7S. The SMILES string of the molecule is CO[C@H]1S[C@@H]2C(NC(=O)Cc3cccc(C(=O)O)c3)C(=O)N2C1C(=O)O. The van der Waals surface area contributed by atoms with E-state index in [1.54, 1.807) is 6.07 Å². The number of hydrogen-bond acceptors (Lipinski definition) is 6. The molecule has 3 rings (SSSR count). The van der Waals surface area contributed by atoms with Gasteiger partial charge in [-0.25, -0.2) is 9.59 Å². The van der Waals surface area contributed by atoms with Gasteiger partial charge in [0.1, 0.15) is 16.9 Å². The van der Waals surface area contributed by atoms with Crippen molar-refractivity contribution in [3.05, 3.63) is 35.4 Å². The highest BCUT2D eigenvalue weighted by Crippen LogP contribution is 2.44. The van der Waals surface area contributed by atoms with E-state index >= 15 is 0 Å². The van der Waals surface area contributed by atoms with Gasteiger partial charge in [-0.05, 0) is 17.7 Å². The Hall–Kier alpha value is -2.59. The molecule has 0 aromatic heterocycles. The fourth-order valence-corrected chi connectivity index (χ4v) is 4.54. The van der Waals surface area contributed by atoms with Crippen LogP contribution in [0.5, 0.6) is 0 Å². The molecule has 2 saturated heterocycles. The third-order valence-electron chi connectivity index (χ3n) is 4.25. The van der Waals surface area contributed by atoms with Crippen LogP contribution in [0.2, 0.25) is 0 Å². The van der Waals surface area contributed by atoms with Crippen LogP contribution in [0.15, 0.2) is 24.3 Å². The monoisotopic (exact) mass is 380 g/mol. The fourth-order valence-electron chi connectivity index (χ4n) is 3.05. The predicted molar refractivity (Wildman–Crippen MR) is 89.5 cm³/mol. The van der Waals surface area contributed by atoms with Crippen LogP contribution in [0, 0.1) is 0 Å². The topological polar surface area (TPSA) is 133 Å². The van der Waals surface area contributed by atoms with Crippen LogP contribution < -0.4 is 5.32 Å². The van der Waals surface area contributed by atoms with E-state index < -0.39 is 46.6 Å². The zero-order chi connectivity index (χ0) is 19.0. The maximum absolute atomic E-state index is 12.3. The number of thioether (sulfide) groups is 1. The minimum Gasteiger partial charge on any atom is -0.480 e. The van der Waals surface area contributed by atoms with Gasteiger partial charge in [-0.3, -0.25) is 9.59 Å². The normalized spacial score (nSPS) is 26.8. The average Bonchev–Trinajstić information content (AvgIpc) is 2.95. The Morgan fingerprint density at radius 2 is 2.04 bits per heavy atom. The number of aliphatic carboxylic acids is 1. The quantitative estimate of drug-likeness (QED) is 0.576. The summed E-state index contributed by atoms with van der Waals surface area (Å²) in [7, 11) is 1.37. The third-order valence-corrected chi connectivity index (χ3v) is 5.75. The van der Waals surface area contributed by atoms with E-state index in [2.05, 4.69) is 5.32 Å². The summed E-state index contributed by atoms with van der Waals surface area (Å²) in [5.41, 5.74) is -0.126. The molecule has 0 spiro atoms. The number of nitrogens with zero attached hydrogens (tertiary/aromatic N) is 1. The molecule has 0 aliphatic carbocycles. The second-order valence-corrected chi connectivity index (χ2v) is 7.11. The molecule has 1 aromatic carbocycles. The predicted octanol–water partition coefficient (Wildman–Crippen LogP) is -0.247. The molecule has 10 heteroatoms. The van der Waals surface area contributed by atoms with Gasteiger partial charge in [0.2, 0.25) is 11.8 Å². The van der Waals surface area contributed by atoms with Gasteiger partial charge in [0, 0.05) is 7.11 Å². The zero-order valence-electron chi connectivity index (χ0n) is 13.6. The maximum Gasteiger partial charge on any atom is 0.335 e. The standard InChI is InChI=1S/C16H16N2O7S/c1-25-16-11(15(23)24)18-12(20)10(13(18)26-16)17-9(19)6-7-3-2-4-8(5-7)14(21)22/h2-5,10-11,13,16H,6H2,1H3,(H,17,19)(H,21,22)(H,23,24)/t10?,11?,13-,16+/m1/s1. The number of ether oxygens (including phenoxy) is 1. The number of nitrogens with one attached hydrogen (secondary N) is 1. The summed E-state index contributed by atoms with van der Waals surface area (Å²) in [5.74, 6) is -3.17. The van der Waals surface area contributed by atoms with Crippen molar-refractivity contribution in [2.45, 2.75) is 29.3 Å². The van der Waals surface area contributed by atoms with Gasteiger partial charge in [-0.15, -0.1) is 0 Å². The Bertz CT molecular complexity index is 784. The van der Waals surface area contributed by atoms with Crippen LogP contribution in [0.25, 0.3) is 0 Å². The van der Waals surface area contributed by atoms with E-state index in [-0.39, 0.29) is 12.0 Å². The van der Waals surface area contributed by atoms with Crippen molar-refractivity contribution in [1.29, 1.82) is 0 Å². The van der Waals surface area contributed by atoms with Crippen molar-refractivity contribution in [1.82, 2.24) is 10.2 Å². The number of carboxylic acid groups (broad SMARTS) is 2. The molecule has 2 fully saturated rings. The first-order valence-electron chi connectivity index (χ1n) is 7.68. The molecule has 0 radical (unpaired) electrons. The van der Waals surface area contributed by atoms with Gasteiger partial charge < -0.3 is 25.2 Å². The molecule has 2 aliphatic heterocycles. The number of carbonyl (C=O) groups excluding carboxylic acids is 2. The Kier molecular flexibility index (Phi) is 4.88. The Labute approximate surface area is 152 Å². The van der Waals surface area contributed by atoms with E-state index in [4.69, 9.17) is 9.84 Å². The van der Waals surface area contributed by atoms with E-state index in [0.29, 0.717) is 5.56 Å². The number of amides is 2. The Morgan fingerprint density at radius 1 is 1.31 bits per heavy atom. The van der Waals surface area contributed by atoms with Crippen molar-refractivity contribution in [2.75, 3.05) is 7.11 Å². The molecule has 9 nitrogen and oxygen atoms in total. The molecule has 3 N–H and O–H groups in total. The minimum atomic E-state index is -1.16. The fraction of sp³-hybridized carbons (Fsp3) is 0.375. The summed E-state index contributed by atoms with van der Waals surface area (Å²) in [5, 5.41) is 20.3. The van der Waals surface area contributed by atoms with Gasteiger partial charge in [-0.2, -0.15) is 0 Å². The minimum absolute atomic E-state index is 0.0692. The van der Waals surface area contributed by atoms with Crippen LogP contribution in [0.3, 0.4) is 0 Å². The van der Waals surface area contributed by atoms with E-state index in [1.165, 1.54) is 42.0 Å². The van der Waals surface area contributed by atoms with Crippen molar-refractivity contribution in [3.8, 4) is 0 Å². The molecule has 2 unspecified atom stereocenters. The second kappa shape index (κ2) is 6.96. The highest BCUT2D eigenvalue weighted by molar-refractivity contribution is 8.00. The van der Waals surface area contributed by atoms with Gasteiger partial charge in [-0.1, -0.05) is 23.9 Å². The molecule has 26 heavy (non-hydrogen) atoms.